The molecule has 0 heterocycles. The van der Waals surface area contributed by atoms with Crippen molar-refractivity contribution in [3.05, 3.63) is 11.6 Å². The van der Waals surface area contributed by atoms with E-state index in [-0.39, 0.29) is 10.8 Å². The van der Waals surface area contributed by atoms with E-state index in [0.717, 1.165) is 42.4 Å². The fourth-order valence-electron chi connectivity index (χ4n) is 9.62. The summed E-state index contributed by atoms with van der Waals surface area (Å²) < 4.78 is 0. The minimum atomic E-state index is -0.255. The molecule has 176 valence electrons. The first kappa shape index (κ1) is 23.6. The Balaban J connectivity index is 1.61. The third kappa shape index (κ3) is 3.33. The predicted molar refractivity (Wildman–Crippen MR) is 132 cm³/mol. The van der Waals surface area contributed by atoms with E-state index in [1.807, 2.05) is 0 Å². The van der Waals surface area contributed by atoms with Crippen molar-refractivity contribution < 1.29 is 4.79 Å². The molecule has 1 nitrogen and oxygen atoms in total. The maximum atomic E-state index is 12.8. The van der Waals surface area contributed by atoms with Gasteiger partial charge in [0, 0.05) is 11.8 Å². The summed E-state index contributed by atoms with van der Waals surface area (Å²) in [5.74, 6) is 4.75. The zero-order valence-corrected chi connectivity index (χ0v) is 21.9. The van der Waals surface area contributed by atoms with E-state index >= 15 is 0 Å². The standard InChI is InChI=1S/C30H50O/c1-20(2)10-9-11-21(3)22-14-18-29(7)23(22)12-13-25-28(6)17-16-26(31)27(4,5)24(28)15-19-30(25,29)8/h15,20-23,25H,9-14,16-19H2,1-8H3/t21-,22-,23+,25-,28+,29+,30-/m1/s1. The molecule has 0 aromatic carbocycles. The third-order valence-electron chi connectivity index (χ3n) is 11.7. The van der Waals surface area contributed by atoms with E-state index in [1.54, 1.807) is 0 Å². The largest absolute Gasteiger partial charge is 0.299 e. The van der Waals surface area contributed by atoms with Crippen LogP contribution in [0.4, 0.5) is 0 Å². The minimum absolute atomic E-state index is 0.222. The number of Topliss-reactive ketones (excluding diaryl/α,β-unsaturated/α-hetero) is 1. The van der Waals surface area contributed by atoms with Gasteiger partial charge in [-0.3, -0.25) is 4.79 Å². The number of hydrogen-bond acceptors (Lipinski definition) is 1. The van der Waals surface area contributed by atoms with E-state index in [9.17, 15) is 4.79 Å². The summed E-state index contributed by atoms with van der Waals surface area (Å²) in [5.41, 5.74) is 2.31. The number of carbonyl (C=O) groups excluding carboxylic acids is 1. The summed E-state index contributed by atoms with van der Waals surface area (Å²) in [6.07, 6.45) is 15.5. The van der Waals surface area contributed by atoms with E-state index < -0.39 is 0 Å². The molecule has 0 amide bonds. The van der Waals surface area contributed by atoms with Crippen molar-refractivity contribution in [1.29, 1.82) is 0 Å². The highest BCUT2D eigenvalue weighted by Crippen LogP contribution is 2.74. The highest BCUT2D eigenvalue weighted by atomic mass is 16.1. The van der Waals surface area contributed by atoms with Crippen molar-refractivity contribution in [3.8, 4) is 0 Å². The Hall–Kier alpha value is -0.590. The molecule has 4 rings (SSSR count). The first-order valence-corrected chi connectivity index (χ1v) is 13.6. The van der Waals surface area contributed by atoms with Gasteiger partial charge in [-0.05, 0) is 98.2 Å². The van der Waals surface area contributed by atoms with Crippen molar-refractivity contribution in [1.82, 2.24) is 0 Å². The van der Waals surface area contributed by atoms with Crippen LogP contribution >= 0.6 is 0 Å². The monoisotopic (exact) mass is 426 g/mol. The molecule has 3 saturated carbocycles. The van der Waals surface area contributed by atoms with Gasteiger partial charge in [0.2, 0.25) is 0 Å². The molecule has 7 atom stereocenters. The van der Waals surface area contributed by atoms with Crippen molar-refractivity contribution in [3.63, 3.8) is 0 Å². The van der Waals surface area contributed by atoms with Gasteiger partial charge >= 0.3 is 0 Å². The van der Waals surface area contributed by atoms with E-state index in [4.69, 9.17) is 0 Å². The summed E-state index contributed by atoms with van der Waals surface area (Å²) in [7, 11) is 0. The smallest absolute Gasteiger partial charge is 0.142 e. The summed E-state index contributed by atoms with van der Waals surface area (Å²) in [5, 5.41) is 0. The minimum Gasteiger partial charge on any atom is -0.299 e. The van der Waals surface area contributed by atoms with Crippen molar-refractivity contribution >= 4 is 5.78 Å². The van der Waals surface area contributed by atoms with Gasteiger partial charge in [-0.15, -0.1) is 0 Å². The molecule has 0 N–H and O–H groups in total. The average Bonchev–Trinajstić information content (AvgIpc) is 3.03. The van der Waals surface area contributed by atoms with Crippen LogP contribution in [0.5, 0.6) is 0 Å². The number of hydrogen-bond donors (Lipinski definition) is 0. The van der Waals surface area contributed by atoms with Crippen molar-refractivity contribution in [2.24, 2.45) is 51.2 Å². The maximum absolute atomic E-state index is 12.8. The lowest BCUT2D eigenvalue weighted by Crippen LogP contribution is -2.59. The Kier molecular flexibility index (Phi) is 5.88. The molecule has 0 aromatic rings. The van der Waals surface area contributed by atoms with E-state index in [0.29, 0.717) is 16.6 Å². The molecule has 1 heteroatoms. The van der Waals surface area contributed by atoms with Crippen LogP contribution in [0.15, 0.2) is 11.6 Å². The second kappa shape index (κ2) is 7.73. The van der Waals surface area contributed by atoms with Crippen LogP contribution < -0.4 is 0 Å². The topological polar surface area (TPSA) is 17.1 Å². The fourth-order valence-corrected chi connectivity index (χ4v) is 9.62. The highest BCUT2D eigenvalue weighted by Gasteiger charge is 2.66. The zero-order valence-electron chi connectivity index (χ0n) is 21.9. The van der Waals surface area contributed by atoms with Gasteiger partial charge in [0.25, 0.3) is 0 Å². The molecule has 0 radical (unpaired) electrons. The summed E-state index contributed by atoms with van der Waals surface area (Å²) >= 11 is 0. The van der Waals surface area contributed by atoms with Gasteiger partial charge in [0.1, 0.15) is 5.78 Å². The van der Waals surface area contributed by atoms with Crippen molar-refractivity contribution in [2.45, 2.75) is 120 Å². The third-order valence-corrected chi connectivity index (χ3v) is 11.7. The summed E-state index contributed by atoms with van der Waals surface area (Å²) in [4.78, 5) is 12.8. The average molecular weight is 427 g/mol. The molecular weight excluding hydrogens is 376 g/mol. The molecule has 4 aliphatic rings. The van der Waals surface area contributed by atoms with E-state index in [2.05, 4.69) is 61.5 Å². The Morgan fingerprint density at radius 1 is 0.935 bits per heavy atom. The summed E-state index contributed by atoms with van der Waals surface area (Å²) in [6, 6.07) is 0. The van der Waals surface area contributed by atoms with Gasteiger partial charge < -0.3 is 0 Å². The lowest BCUT2D eigenvalue weighted by atomic mass is 9.38. The molecule has 0 aliphatic heterocycles. The number of rotatable bonds is 5. The lowest BCUT2D eigenvalue weighted by molar-refractivity contribution is -0.145. The Morgan fingerprint density at radius 3 is 2.32 bits per heavy atom. The van der Waals surface area contributed by atoms with Crippen LogP contribution in [0.25, 0.3) is 0 Å². The van der Waals surface area contributed by atoms with Crippen LogP contribution in [0.1, 0.15) is 120 Å². The van der Waals surface area contributed by atoms with Crippen LogP contribution in [0.2, 0.25) is 0 Å². The Bertz CT molecular complexity index is 744. The van der Waals surface area contributed by atoms with Crippen LogP contribution in [0.3, 0.4) is 0 Å². The predicted octanol–water partition coefficient (Wildman–Crippen LogP) is 8.62. The van der Waals surface area contributed by atoms with Crippen LogP contribution in [-0.4, -0.2) is 5.78 Å². The molecule has 3 fully saturated rings. The second-order valence-electron chi connectivity index (χ2n) is 13.9. The molecular formula is C30H50O. The molecule has 0 saturated heterocycles. The summed E-state index contributed by atoms with van der Waals surface area (Å²) in [6.45, 7) is 19.6. The van der Waals surface area contributed by atoms with Crippen LogP contribution in [0, 0.1) is 51.2 Å². The quantitative estimate of drug-likeness (QED) is 0.402. The molecule has 0 aromatic heterocycles. The highest BCUT2D eigenvalue weighted by molar-refractivity contribution is 5.89. The number of carbonyl (C=O) groups is 1. The Morgan fingerprint density at radius 2 is 1.65 bits per heavy atom. The number of allylic oxidation sites excluding steroid dienone is 2. The van der Waals surface area contributed by atoms with Gasteiger partial charge in [-0.25, -0.2) is 0 Å². The molecule has 0 spiro atoms. The number of ketones is 1. The second-order valence-corrected chi connectivity index (χ2v) is 13.9. The van der Waals surface area contributed by atoms with Crippen LogP contribution in [-0.2, 0) is 4.79 Å². The molecule has 31 heavy (non-hydrogen) atoms. The lowest BCUT2D eigenvalue weighted by Gasteiger charge is -2.66. The Labute approximate surface area is 193 Å². The molecule has 4 aliphatic carbocycles. The first-order chi connectivity index (χ1) is 14.4. The van der Waals surface area contributed by atoms with Gasteiger partial charge in [-0.2, -0.15) is 0 Å². The number of fused-ring (bicyclic) bond motifs is 5. The van der Waals surface area contributed by atoms with E-state index in [1.165, 1.54) is 56.9 Å². The normalized spacial score (nSPS) is 45.0. The first-order valence-electron chi connectivity index (χ1n) is 13.6. The fraction of sp³-hybridized carbons (Fsp3) is 0.900. The SMILES string of the molecule is CC(C)CCC[C@@H](C)[C@H]1CC[C@@]2(C)[C@H]1CC[C@@H]1[C@@]3(C)CCC(=O)C(C)(C)C3=CC[C@]12C. The van der Waals surface area contributed by atoms with Gasteiger partial charge in [-0.1, -0.05) is 72.5 Å². The molecule has 0 unspecified atom stereocenters. The van der Waals surface area contributed by atoms with Gasteiger partial charge in [0.05, 0.1) is 0 Å². The maximum Gasteiger partial charge on any atom is 0.142 e. The van der Waals surface area contributed by atoms with Gasteiger partial charge in [0.15, 0.2) is 0 Å². The van der Waals surface area contributed by atoms with Crippen molar-refractivity contribution in [2.75, 3.05) is 0 Å². The molecule has 0 bridgehead atoms. The zero-order chi connectivity index (χ0) is 22.8.